The predicted molar refractivity (Wildman–Crippen MR) is 140 cm³/mol. The van der Waals surface area contributed by atoms with Gasteiger partial charge >= 0.3 is 0 Å². The minimum atomic E-state index is -0.600. The molecule has 4 nitrogen and oxygen atoms in total. The number of benzene rings is 3. The first kappa shape index (κ1) is 22.3. The van der Waals surface area contributed by atoms with Gasteiger partial charge < -0.3 is 10.5 Å². The van der Waals surface area contributed by atoms with Crippen LogP contribution in [0, 0.1) is 23.7 Å². The standard InChI is InChI=1S/C30H28ClN3O/c1-18-11-22(14-23(31)12-18)20-4-5-21-16-29(9-7-24(35-2)8-10-29)30(26(21)15-20)27-13-19(17-32)3-6-25(27)28(33)34-30/h3-6,11-15,24H,7-10,16H2,1-2H3,(H2,33,34). The quantitative estimate of drug-likeness (QED) is 0.468. The highest BCUT2D eigenvalue weighted by Gasteiger charge is 2.62. The molecule has 3 aromatic rings. The van der Waals surface area contributed by atoms with E-state index in [1.807, 2.05) is 30.3 Å². The van der Waals surface area contributed by atoms with Gasteiger partial charge in [0.1, 0.15) is 11.4 Å². The summed E-state index contributed by atoms with van der Waals surface area (Å²) in [6.45, 7) is 2.06. The normalized spacial score (nSPS) is 26.5. The lowest BCUT2D eigenvalue weighted by molar-refractivity contribution is 0.00685. The van der Waals surface area contributed by atoms with Gasteiger partial charge in [-0.3, -0.25) is 4.99 Å². The molecule has 1 heterocycles. The Morgan fingerprint density at radius 3 is 2.54 bits per heavy atom. The Labute approximate surface area is 211 Å². The van der Waals surface area contributed by atoms with E-state index in [2.05, 4.69) is 37.3 Å². The lowest BCUT2D eigenvalue weighted by atomic mass is 9.59. The highest BCUT2D eigenvalue weighted by Crippen LogP contribution is 2.65. The zero-order valence-electron chi connectivity index (χ0n) is 20.1. The van der Waals surface area contributed by atoms with Gasteiger partial charge in [0.05, 0.1) is 17.7 Å². The Morgan fingerprint density at radius 1 is 1.03 bits per heavy atom. The molecule has 1 saturated carbocycles. The monoisotopic (exact) mass is 481 g/mol. The number of hydrogen-bond acceptors (Lipinski definition) is 4. The number of methoxy groups -OCH3 is 1. The van der Waals surface area contributed by atoms with E-state index in [1.54, 1.807) is 7.11 Å². The largest absolute Gasteiger partial charge is 0.383 e. The molecule has 0 amide bonds. The summed E-state index contributed by atoms with van der Waals surface area (Å²) in [5.74, 6) is 0.564. The van der Waals surface area contributed by atoms with E-state index in [-0.39, 0.29) is 11.5 Å². The first-order valence-corrected chi connectivity index (χ1v) is 12.6. The first-order chi connectivity index (χ1) is 16.9. The van der Waals surface area contributed by atoms with Crippen LogP contribution in [0.25, 0.3) is 11.1 Å². The number of amidine groups is 1. The van der Waals surface area contributed by atoms with Crippen LogP contribution in [0.15, 0.2) is 59.6 Å². The molecule has 1 unspecified atom stereocenters. The van der Waals surface area contributed by atoms with Gasteiger partial charge in [0.25, 0.3) is 0 Å². The maximum atomic E-state index is 9.73. The zero-order valence-corrected chi connectivity index (χ0v) is 20.8. The van der Waals surface area contributed by atoms with Gasteiger partial charge in [-0.2, -0.15) is 5.26 Å². The third kappa shape index (κ3) is 3.19. The van der Waals surface area contributed by atoms with Crippen LogP contribution >= 0.6 is 11.6 Å². The Balaban J connectivity index is 1.60. The number of ether oxygens (including phenoxy) is 1. The Kier molecular flexibility index (Phi) is 5.07. The van der Waals surface area contributed by atoms with Crippen molar-refractivity contribution in [2.45, 2.75) is 50.7 Å². The molecule has 1 fully saturated rings. The molecule has 5 heteroatoms. The molecule has 2 N–H and O–H groups in total. The van der Waals surface area contributed by atoms with Gasteiger partial charge in [0.15, 0.2) is 0 Å². The third-order valence-corrected chi connectivity index (χ3v) is 8.72. The lowest BCUT2D eigenvalue weighted by Crippen LogP contribution is -2.45. The van der Waals surface area contributed by atoms with E-state index in [0.717, 1.165) is 64.9 Å². The maximum Gasteiger partial charge on any atom is 0.127 e. The molecule has 2 spiro atoms. The van der Waals surface area contributed by atoms with Crippen LogP contribution in [-0.2, 0) is 16.7 Å². The number of aryl methyl sites for hydroxylation is 1. The molecule has 3 aromatic carbocycles. The molecule has 1 aliphatic heterocycles. The van der Waals surface area contributed by atoms with Gasteiger partial charge in [-0.05, 0) is 109 Å². The van der Waals surface area contributed by atoms with E-state index in [4.69, 9.17) is 27.1 Å². The van der Waals surface area contributed by atoms with Crippen LogP contribution in [-0.4, -0.2) is 19.0 Å². The molecule has 35 heavy (non-hydrogen) atoms. The molecule has 0 saturated heterocycles. The first-order valence-electron chi connectivity index (χ1n) is 12.2. The van der Waals surface area contributed by atoms with Crippen molar-refractivity contribution in [3.05, 3.63) is 93.0 Å². The summed E-state index contributed by atoms with van der Waals surface area (Å²) < 4.78 is 5.73. The van der Waals surface area contributed by atoms with Crippen LogP contribution in [0.3, 0.4) is 0 Å². The van der Waals surface area contributed by atoms with Crippen molar-refractivity contribution in [1.29, 1.82) is 5.26 Å². The van der Waals surface area contributed by atoms with Crippen LogP contribution in [0.1, 0.15) is 59.1 Å². The number of nitriles is 1. The summed E-state index contributed by atoms with van der Waals surface area (Å²) in [4.78, 5) is 5.32. The number of rotatable bonds is 2. The number of aliphatic imine (C=N–C) groups is 1. The number of nitrogens with two attached hydrogens (primary N) is 1. The van der Waals surface area contributed by atoms with Crippen molar-refractivity contribution in [3.8, 4) is 17.2 Å². The van der Waals surface area contributed by atoms with Crippen LogP contribution < -0.4 is 5.73 Å². The fraction of sp³-hybridized carbons (Fsp3) is 0.333. The molecular formula is C30H28ClN3O. The maximum absolute atomic E-state index is 9.73. The topological polar surface area (TPSA) is 71.4 Å². The molecule has 176 valence electrons. The fourth-order valence-corrected chi connectivity index (χ4v) is 7.18. The van der Waals surface area contributed by atoms with Crippen molar-refractivity contribution in [2.24, 2.45) is 16.1 Å². The van der Waals surface area contributed by atoms with E-state index in [1.165, 1.54) is 11.1 Å². The molecular weight excluding hydrogens is 454 g/mol. The summed E-state index contributed by atoms with van der Waals surface area (Å²) in [5.41, 5.74) is 14.4. The summed E-state index contributed by atoms with van der Waals surface area (Å²) >= 11 is 6.42. The van der Waals surface area contributed by atoms with Crippen molar-refractivity contribution >= 4 is 17.4 Å². The van der Waals surface area contributed by atoms with E-state index in [9.17, 15) is 5.26 Å². The minimum absolute atomic E-state index is 0.100. The van der Waals surface area contributed by atoms with E-state index in [0.29, 0.717) is 11.4 Å². The fourth-order valence-electron chi connectivity index (χ4n) is 6.89. The Bertz CT molecular complexity index is 1410. The second-order valence-electron chi connectivity index (χ2n) is 10.4. The van der Waals surface area contributed by atoms with Crippen LogP contribution in [0.5, 0.6) is 0 Å². The molecule has 0 aromatic heterocycles. The molecule has 2 aliphatic carbocycles. The Morgan fingerprint density at radius 2 is 1.83 bits per heavy atom. The average molecular weight is 482 g/mol. The number of nitrogens with zero attached hydrogens (tertiary/aromatic N) is 2. The molecule has 1 atom stereocenters. The summed E-state index contributed by atoms with van der Waals surface area (Å²) in [7, 11) is 1.81. The van der Waals surface area contributed by atoms with Crippen LogP contribution in [0.4, 0.5) is 0 Å². The van der Waals surface area contributed by atoms with Gasteiger partial charge in [-0.25, -0.2) is 0 Å². The zero-order chi connectivity index (χ0) is 24.4. The van der Waals surface area contributed by atoms with E-state index < -0.39 is 5.54 Å². The number of halogens is 1. The molecule has 0 radical (unpaired) electrons. The summed E-state index contributed by atoms with van der Waals surface area (Å²) in [6.07, 6.45) is 5.21. The predicted octanol–water partition coefficient (Wildman–Crippen LogP) is 6.28. The smallest absolute Gasteiger partial charge is 0.127 e. The second-order valence-corrected chi connectivity index (χ2v) is 10.8. The van der Waals surface area contributed by atoms with Crippen LogP contribution in [0.2, 0.25) is 5.02 Å². The SMILES string of the molecule is COC1CCC2(CC1)Cc1ccc(-c3cc(C)cc(Cl)c3)cc1C21N=C(N)c2ccc(C#N)cc21. The Hall–Kier alpha value is -3.13. The average Bonchev–Trinajstić information content (AvgIpc) is 3.30. The number of fused-ring (bicyclic) bond motifs is 5. The minimum Gasteiger partial charge on any atom is -0.383 e. The second kappa shape index (κ2) is 7.95. The van der Waals surface area contributed by atoms with Crippen molar-refractivity contribution in [2.75, 3.05) is 7.11 Å². The number of hydrogen-bond donors (Lipinski definition) is 1. The van der Waals surface area contributed by atoms with Crippen molar-refractivity contribution < 1.29 is 4.74 Å². The molecule has 0 bridgehead atoms. The lowest BCUT2D eigenvalue weighted by Gasteiger charge is -2.47. The van der Waals surface area contributed by atoms with Gasteiger partial charge in [-0.15, -0.1) is 0 Å². The van der Waals surface area contributed by atoms with Gasteiger partial charge in [0, 0.05) is 23.1 Å². The highest BCUT2D eigenvalue weighted by atomic mass is 35.5. The van der Waals surface area contributed by atoms with Gasteiger partial charge in [0.2, 0.25) is 0 Å². The van der Waals surface area contributed by atoms with Gasteiger partial charge in [-0.1, -0.05) is 29.8 Å². The van der Waals surface area contributed by atoms with Crippen molar-refractivity contribution in [1.82, 2.24) is 0 Å². The third-order valence-electron chi connectivity index (χ3n) is 8.50. The summed E-state index contributed by atoms with van der Waals surface area (Å²) in [6, 6.07) is 21.1. The summed E-state index contributed by atoms with van der Waals surface area (Å²) in [5, 5.41) is 10.5. The molecule has 6 rings (SSSR count). The molecule has 3 aliphatic rings. The van der Waals surface area contributed by atoms with E-state index >= 15 is 0 Å². The highest BCUT2D eigenvalue weighted by molar-refractivity contribution is 6.31. The van der Waals surface area contributed by atoms with Crippen molar-refractivity contribution in [3.63, 3.8) is 0 Å².